The van der Waals surface area contributed by atoms with Gasteiger partial charge in [-0.25, -0.2) is 4.39 Å². The van der Waals surface area contributed by atoms with Crippen LogP contribution in [0.3, 0.4) is 0 Å². The summed E-state index contributed by atoms with van der Waals surface area (Å²) in [6.07, 6.45) is 5.56. The lowest BCUT2D eigenvalue weighted by molar-refractivity contribution is -0.138. The fourth-order valence-electron chi connectivity index (χ4n) is 6.16. The van der Waals surface area contributed by atoms with Gasteiger partial charge >= 0.3 is 7.12 Å². The largest absolute Gasteiger partial charge is 0.505 e. The molecule has 1 aromatic carbocycles. The van der Waals surface area contributed by atoms with Gasteiger partial charge in [-0.1, -0.05) is 50.5 Å². The molecule has 2 fully saturated rings. The van der Waals surface area contributed by atoms with Gasteiger partial charge in [0.05, 0.1) is 17.9 Å². The SMILES string of the molecule is CCC/C(=C\c1ccc(O)c(F)c1)CC[C@H]1OB(O)C[C@H]2C1=C(C(C)C)C[C@H]1C(=O)N(C)C(=O)[C@H]12. The van der Waals surface area contributed by atoms with Crippen LogP contribution in [0.2, 0.25) is 6.32 Å². The molecule has 2 amide bonds. The zero-order chi connectivity index (χ0) is 25.4. The molecule has 0 unspecified atom stereocenters. The average molecular weight is 483 g/mol. The number of rotatable bonds is 7. The summed E-state index contributed by atoms with van der Waals surface area (Å²) in [6, 6.07) is 4.36. The van der Waals surface area contributed by atoms with E-state index in [2.05, 4.69) is 20.8 Å². The maximum absolute atomic E-state index is 13.8. The Balaban J connectivity index is 1.63. The minimum Gasteiger partial charge on any atom is -0.505 e. The van der Waals surface area contributed by atoms with Gasteiger partial charge in [0.2, 0.25) is 11.8 Å². The number of carbonyl (C=O) groups is 2. The zero-order valence-electron chi connectivity index (χ0n) is 21.0. The van der Waals surface area contributed by atoms with Crippen LogP contribution in [-0.4, -0.2) is 47.1 Å². The third-order valence-electron chi connectivity index (χ3n) is 7.80. The molecule has 0 bridgehead atoms. The molecule has 188 valence electrons. The van der Waals surface area contributed by atoms with E-state index in [1.165, 1.54) is 22.6 Å². The predicted molar refractivity (Wildman–Crippen MR) is 133 cm³/mol. The molecule has 0 aromatic heterocycles. The second-order valence-electron chi connectivity index (χ2n) is 10.4. The number of phenolic OH excluding ortho intramolecular Hbond substituents is 1. The highest BCUT2D eigenvalue weighted by atomic mass is 19.1. The first-order valence-electron chi connectivity index (χ1n) is 12.7. The number of imide groups is 1. The number of nitrogens with zero attached hydrogens (tertiary/aromatic N) is 1. The third-order valence-corrected chi connectivity index (χ3v) is 7.80. The number of hydrogen-bond acceptors (Lipinski definition) is 5. The molecule has 2 N–H and O–H groups in total. The van der Waals surface area contributed by atoms with Crippen molar-refractivity contribution in [1.82, 2.24) is 4.90 Å². The number of amides is 2. The highest BCUT2D eigenvalue weighted by Gasteiger charge is 2.56. The lowest BCUT2D eigenvalue weighted by Crippen LogP contribution is -2.46. The molecule has 3 aliphatic rings. The van der Waals surface area contributed by atoms with Gasteiger partial charge in [0.1, 0.15) is 0 Å². The number of likely N-dealkylation sites (tertiary alicyclic amines) is 1. The van der Waals surface area contributed by atoms with Crippen molar-refractivity contribution in [3.63, 3.8) is 0 Å². The molecule has 1 aromatic rings. The first-order chi connectivity index (χ1) is 16.6. The van der Waals surface area contributed by atoms with Crippen molar-refractivity contribution < 1.29 is 28.8 Å². The Bertz CT molecular complexity index is 1070. The number of hydrogen-bond donors (Lipinski definition) is 2. The summed E-state index contributed by atoms with van der Waals surface area (Å²) in [6.45, 7) is 6.30. The van der Waals surface area contributed by atoms with E-state index in [0.29, 0.717) is 31.1 Å². The first-order valence-corrected chi connectivity index (χ1v) is 12.7. The molecule has 0 radical (unpaired) electrons. The lowest BCUT2D eigenvalue weighted by Gasteiger charge is -2.44. The van der Waals surface area contributed by atoms with Crippen molar-refractivity contribution in [2.24, 2.45) is 23.7 Å². The topological polar surface area (TPSA) is 87.1 Å². The van der Waals surface area contributed by atoms with Gasteiger partial charge in [-0.2, -0.15) is 0 Å². The molecule has 2 heterocycles. The number of phenols is 1. The van der Waals surface area contributed by atoms with Gasteiger partial charge in [-0.15, -0.1) is 0 Å². The third kappa shape index (κ3) is 4.96. The molecule has 8 heteroatoms. The van der Waals surface area contributed by atoms with Gasteiger partial charge in [0.25, 0.3) is 0 Å². The molecule has 2 saturated heterocycles. The van der Waals surface area contributed by atoms with Crippen molar-refractivity contribution in [2.45, 2.75) is 65.3 Å². The van der Waals surface area contributed by atoms with Gasteiger partial charge in [-0.3, -0.25) is 14.5 Å². The van der Waals surface area contributed by atoms with E-state index in [4.69, 9.17) is 4.65 Å². The second-order valence-corrected chi connectivity index (χ2v) is 10.4. The average Bonchev–Trinajstić information content (AvgIpc) is 3.03. The quantitative estimate of drug-likeness (QED) is 0.337. The summed E-state index contributed by atoms with van der Waals surface area (Å²) in [5.74, 6) is -2.09. The summed E-state index contributed by atoms with van der Waals surface area (Å²) >= 11 is 0. The van der Waals surface area contributed by atoms with E-state index < -0.39 is 18.9 Å². The number of benzene rings is 1. The van der Waals surface area contributed by atoms with Crippen LogP contribution in [0.5, 0.6) is 5.75 Å². The molecule has 2 aliphatic heterocycles. The Labute approximate surface area is 207 Å². The van der Waals surface area contributed by atoms with E-state index >= 15 is 0 Å². The normalized spacial score (nSPS) is 27.1. The van der Waals surface area contributed by atoms with E-state index in [9.17, 15) is 24.1 Å². The highest BCUT2D eigenvalue weighted by molar-refractivity contribution is 6.43. The number of halogens is 1. The van der Waals surface area contributed by atoms with Crippen LogP contribution < -0.4 is 0 Å². The standard InChI is InChI=1S/C27H35BFNO5/c1-5-6-16(11-17-7-9-22(31)21(29)12-17)8-10-23-24-18(15(2)3)13-19-25(20(24)14-28(34)35-23)27(33)30(4)26(19)32/h7,9,11-12,15,19-20,23,25,31,34H,5-6,8,10,13-14H2,1-4H3/b16-11+/t19-,20+,23-,25-/m1/s1. The molecular formula is C27H35BFNO5. The molecule has 4 atom stereocenters. The van der Waals surface area contributed by atoms with Crippen LogP contribution in [0, 0.1) is 29.5 Å². The van der Waals surface area contributed by atoms with Crippen LogP contribution in [0.1, 0.15) is 58.4 Å². The van der Waals surface area contributed by atoms with E-state index in [0.717, 1.165) is 24.0 Å². The minimum atomic E-state index is -0.987. The fraction of sp³-hybridized carbons (Fsp3) is 0.556. The van der Waals surface area contributed by atoms with Crippen LogP contribution in [0.15, 0.2) is 34.9 Å². The molecular weight excluding hydrogens is 448 g/mol. The Morgan fingerprint density at radius 3 is 2.66 bits per heavy atom. The maximum atomic E-state index is 13.8. The highest BCUT2D eigenvalue weighted by Crippen LogP contribution is 2.51. The van der Waals surface area contributed by atoms with E-state index in [1.54, 1.807) is 13.1 Å². The van der Waals surface area contributed by atoms with Crippen LogP contribution in [-0.2, 0) is 14.2 Å². The first kappa shape index (κ1) is 25.6. The fourth-order valence-corrected chi connectivity index (χ4v) is 6.16. The summed E-state index contributed by atoms with van der Waals surface area (Å²) < 4.78 is 19.9. The maximum Gasteiger partial charge on any atom is 0.455 e. The van der Waals surface area contributed by atoms with E-state index in [-0.39, 0.29) is 41.4 Å². The molecule has 0 spiro atoms. The van der Waals surface area contributed by atoms with Crippen LogP contribution >= 0.6 is 0 Å². The van der Waals surface area contributed by atoms with Crippen molar-refractivity contribution in [3.05, 3.63) is 46.3 Å². The smallest absolute Gasteiger partial charge is 0.455 e. The van der Waals surface area contributed by atoms with Crippen molar-refractivity contribution in [1.29, 1.82) is 0 Å². The van der Waals surface area contributed by atoms with Crippen LogP contribution in [0.4, 0.5) is 4.39 Å². The van der Waals surface area contributed by atoms with Crippen molar-refractivity contribution in [3.8, 4) is 5.75 Å². The van der Waals surface area contributed by atoms with Crippen molar-refractivity contribution in [2.75, 3.05) is 7.05 Å². The Kier molecular flexibility index (Phi) is 7.53. The molecule has 35 heavy (non-hydrogen) atoms. The predicted octanol–water partition coefficient (Wildman–Crippen LogP) is 4.58. The summed E-state index contributed by atoms with van der Waals surface area (Å²) in [4.78, 5) is 27.1. The Morgan fingerprint density at radius 2 is 2.00 bits per heavy atom. The number of aromatic hydroxyl groups is 1. The van der Waals surface area contributed by atoms with Crippen LogP contribution in [0.25, 0.3) is 6.08 Å². The molecule has 4 rings (SSSR count). The minimum absolute atomic E-state index is 0.121. The summed E-state index contributed by atoms with van der Waals surface area (Å²) in [5, 5.41) is 20.1. The van der Waals surface area contributed by atoms with Gasteiger partial charge in [0.15, 0.2) is 11.6 Å². The summed E-state index contributed by atoms with van der Waals surface area (Å²) in [7, 11) is 0.568. The monoisotopic (exact) mass is 483 g/mol. The molecule has 1 aliphatic carbocycles. The molecule has 0 saturated carbocycles. The Hall–Kier alpha value is -2.45. The lowest BCUT2D eigenvalue weighted by atomic mass is 9.57. The molecule has 6 nitrogen and oxygen atoms in total. The van der Waals surface area contributed by atoms with Crippen molar-refractivity contribution >= 4 is 25.0 Å². The zero-order valence-corrected chi connectivity index (χ0v) is 21.0. The number of allylic oxidation sites excluding steroid dienone is 2. The summed E-state index contributed by atoms with van der Waals surface area (Å²) in [5.41, 5.74) is 4.08. The van der Waals surface area contributed by atoms with Gasteiger partial charge < -0.3 is 14.8 Å². The van der Waals surface area contributed by atoms with Gasteiger partial charge in [-0.05, 0) is 67.1 Å². The Morgan fingerprint density at radius 1 is 1.26 bits per heavy atom. The number of fused-ring (bicyclic) bond motifs is 3. The van der Waals surface area contributed by atoms with E-state index in [1.807, 2.05) is 6.08 Å². The number of carbonyl (C=O) groups excluding carboxylic acids is 2. The van der Waals surface area contributed by atoms with Gasteiger partial charge in [0, 0.05) is 7.05 Å². The second kappa shape index (κ2) is 10.3.